The van der Waals surface area contributed by atoms with E-state index in [0.717, 1.165) is 5.69 Å². The van der Waals surface area contributed by atoms with Gasteiger partial charge in [0.15, 0.2) is 0 Å². The van der Waals surface area contributed by atoms with Crippen molar-refractivity contribution in [2.75, 3.05) is 5.32 Å². The van der Waals surface area contributed by atoms with Crippen molar-refractivity contribution in [2.45, 2.75) is 6.92 Å². The van der Waals surface area contributed by atoms with E-state index in [1.54, 1.807) is 18.3 Å². The molecule has 0 aliphatic heterocycles. The molecule has 1 N–H and O–H groups in total. The molecule has 0 aliphatic carbocycles. The third kappa shape index (κ3) is 2.42. The van der Waals surface area contributed by atoms with Crippen LogP contribution in [-0.4, -0.2) is 0 Å². The summed E-state index contributed by atoms with van der Waals surface area (Å²) in [5.41, 5.74) is 0.893. The van der Waals surface area contributed by atoms with E-state index in [1.165, 1.54) is 12.1 Å². The Balaban J connectivity index is 2.66. The van der Waals surface area contributed by atoms with Crippen LogP contribution in [0, 0.1) is 5.82 Å². The first-order valence-corrected chi connectivity index (χ1v) is 3.46. The molecule has 0 saturated carbocycles. The van der Waals surface area contributed by atoms with Crippen LogP contribution in [0.4, 0.5) is 10.1 Å². The van der Waals surface area contributed by atoms with Crippen LogP contribution < -0.4 is 5.32 Å². The summed E-state index contributed by atoms with van der Waals surface area (Å²) in [4.78, 5) is 0. The van der Waals surface area contributed by atoms with Crippen LogP contribution in [0.2, 0.25) is 0 Å². The van der Waals surface area contributed by atoms with Gasteiger partial charge in [-0.3, -0.25) is 0 Å². The highest BCUT2D eigenvalue weighted by Crippen LogP contribution is 2.07. The van der Waals surface area contributed by atoms with Gasteiger partial charge in [-0.25, -0.2) is 4.39 Å². The van der Waals surface area contributed by atoms with E-state index >= 15 is 0 Å². The van der Waals surface area contributed by atoms with Crippen LogP contribution in [0.5, 0.6) is 0 Å². The minimum absolute atomic E-state index is 0.212. The first kappa shape index (κ1) is 7.79. The number of halogens is 1. The number of rotatable bonds is 2. The zero-order valence-corrected chi connectivity index (χ0v) is 6.34. The van der Waals surface area contributed by atoms with Gasteiger partial charge in [0, 0.05) is 5.69 Å². The first-order chi connectivity index (χ1) is 5.33. The van der Waals surface area contributed by atoms with Gasteiger partial charge < -0.3 is 5.32 Å². The van der Waals surface area contributed by atoms with Crippen molar-refractivity contribution in [3.63, 3.8) is 0 Å². The fourth-order valence-electron chi connectivity index (χ4n) is 0.726. The lowest BCUT2D eigenvalue weighted by atomic mass is 10.3. The lowest BCUT2D eigenvalue weighted by molar-refractivity contribution is 0.628. The third-order valence-corrected chi connectivity index (χ3v) is 1.26. The number of benzene rings is 1. The molecule has 1 aromatic carbocycles. The van der Waals surface area contributed by atoms with Gasteiger partial charge >= 0.3 is 0 Å². The summed E-state index contributed by atoms with van der Waals surface area (Å²) < 4.78 is 12.4. The molecule has 0 fully saturated rings. The Morgan fingerprint density at radius 3 is 2.45 bits per heavy atom. The summed E-state index contributed by atoms with van der Waals surface area (Å²) in [7, 11) is 0. The van der Waals surface area contributed by atoms with Gasteiger partial charge in [0.1, 0.15) is 5.82 Å². The highest BCUT2D eigenvalue weighted by atomic mass is 19.1. The highest BCUT2D eigenvalue weighted by Gasteiger charge is 1.88. The molecule has 1 rings (SSSR count). The van der Waals surface area contributed by atoms with Crippen molar-refractivity contribution in [2.24, 2.45) is 0 Å². The van der Waals surface area contributed by atoms with Crippen molar-refractivity contribution in [3.8, 4) is 0 Å². The second kappa shape index (κ2) is 3.76. The summed E-state index contributed by atoms with van der Waals surface area (Å²) in [6.45, 7) is 1.91. The van der Waals surface area contributed by atoms with E-state index in [4.69, 9.17) is 0 Å². The predicted molar refractivity (Wildman–Crippen MR) is 44.8 cm³/mol. The summed E-state index contributed by atoms with van der Waals surface area (Å²) in [6.07, 6.45) is 3.68. The molecular weight excluding hydrogens is 141 g/mol. The zero-order valence-electron chi connectivity index (χ0n) is 6.34. The number of allylic oxidation sites excluding steroid dienone is 1. The van der Waals surface area contributed by atoms with Crippen molar-refractivity contribution < 1.29 is 4.39 Å². The molecular formula is C9H10FN. The van der Waals surface area contributed by atoms with E-state index < -0.39 is 0 Å². The summed E-state index contributed by atoms with van der Waals surface area (Å²) in [5, 5.41) is 2.97. The van der Waals surface area contributed by atoms with E-state index in [-0.39, 0.29) is 5.82 Å². The summed E-state index contributed by atoms with van der Waals surface area (Å²) in [6, 6.07) is 6.22. The third-order valence-electron chi connectivity index (χ3n) is 1.26. The number of hydrogen-bond acceptors (Lipinski definition) is 1. The molecule has 11 heavy (non-hydrogen) atoms. The average Bonchev–Trinajstić information content (AvgIpc) is 2.04. The number of anilines is 1. The Kier molecular flexibility index (Phi) is 2.66. The fraction of sp³-hybridized carbons (Fsp3) is 0.111. The van der Waals surface area contributed by atoms with Crippen LogP contribution >= 0.6 is 0 Å². The largest absolute Gasteiger partial charge is 0.362 e. The molecule has 0 spiro atoms. The Morgan fingerprint density at radius 2 is 1.91 bits per heavy atom. The lowest BCUT2D eigenvalue weighted by Crippen LogP contribution is -1.85. The standard InChI is InChI=1S/C9H10FN/c1-2-7-11-9-5-3-8(10)4-6-9/h2-7,11H,1H3/b7-2-. The second-order valence-corrected chi connectivity index (χ2v) is 2.15. The maximum absolute atomic E-state index is 12.4. The summed E-state index contributed by atoms with van der Waals surface area (Å²) in [5.74, 6) is -0.212. The van der Waals surface area contributed by atoms with Gasteiger partial charge in [0.25, 0.3) is 0 Å². The minimum atomic E-state index is -0.212. The van der Waals surface area contributed by atoms with Gasteiger partial charge in [-0.15, -0.1) is 0 Å². The van der Waals surface area contributed by atoms with Crippen LogP contribution in [0.3, 0.4) is 0 Å². The van der Waals surface area contributed by atoms with Crippen LogP contribution in [0.25, 0.3) is 0 Å². The second-order valence-electron chi connectivity index (χ2n) is 2.15. The van der Waals surface area contributed by atoms with Gasteiger partial charge in [-0.1, -0.05) is 6.08 Å². The van der Waals surface area contributed by atoms with E-state index in [9.17, 15) is 4.39 Å². The monoisotopic (exact) mass is 151 g/mol. The number of nitrogens with one attached hydrogen (secondary N) is 1. The molecule has 0 radical (unpaired) electrons. The topological polar surface area (TPSA) is 12.0 Å². The van der Waals surface area contributed by atoms with Crippen LogP contribution in [-0.2, 0) is 0 Å². The lowest BCUT2D eigenvalue weighted by Gasteiger charge is -1.97. The predicted octanol–water partition coefficient (Wildman–Crippen LogP) is 2.77. The molecule has 0 unspecified atom stereocenters. The Labute approximate surface area is 65.6 Å². The molecule has 2 heteroatoms. The maximum Gasteiger partial charge on any atom is 0.123 e. The van der Waals surface area contributed by atoms with E-state index in [1.807, 2.05) is 13.0 Å². The van der Waals surface area contributed by atoms with E-state index in [0.29, 0.717) is 0 Å². The fourth-order valence-corrected chi connectivity index (χ4v) is 0.726. The van der Waals surface area contributed by atoms with Crippen molar-refractivity contribution >= 4 is 5.69 Å². The van der Waals surface area contributed by atoms with Gasteiger partial charge in [0.2, 0.25) is 0 Å². The minimum Gasteiger partial charge on any atom is -0.362 e. The quantitative estimate of drug-likeness (QED) is 0.685. The molecule has 0 amide bonds. The average molecular weight is 151 g/mol. The Hall–Kier alpha value is -1.31. The molecule has 0 heterocycles. The molecule has 1 aromatic rings. The van der Waals surface area contributed by atoms with Gasteiger partial charge in [-0.2, -0.15) is 0 Å². The van der Waals surface area contributed by atoms with Crippen molar-refractivity contribution in [1.82, 2.24) is 0 Å². The molecule has 0 aromatic heterocycles. The first-order valence-electron chi connectivity index (χ1n) is 3.46. The van der Waals surface area contributed by atoms with E-state index in [2.05, 4.69) is 5.32 Å². The number of hydrogen-bond donors (Lipinski definition) is 1. The zero-order chi connectivity index (χ0) is 8.10. The van der Waals surface area contributed by atoms with Crippen LogP contribution in [0.15, 0.2) is 36.5 Å². The van der Waals surface area contributed by atoms with Gasteiger partial charge in [-0.05, 0) is 37.4 Å². The highest BCUT2D eigenvalue weighted by molar-refractivity contribution is 5.44. The maximum atomic E-state index is 12.4. The summed E-state index contributed by atoms with van der Waals surface area (Å²) >= 11 is 0. The molecule has 1 nitrogen and oxygen atoms in total. The Bertz CT molecular complexity index is 238. The van der Waals surface area contributed by atoms with Crippen LogP contribution in [0.1, 0.15) is 6.92 Å². The molecule has 0 bridgehead atoms. The molecule has 0 saturated heterocycles. The molecule has 0 atom stereocenters. The van der Waals surface area contributed by atoms with Gasteiger partial charge in [0.05, 0.1) is 0 Å². The Morgan fingerprint density at radius 1 is 1.27 bits per heavy atom. The normalized spacial score (nSPS) is 10.4. The molecule has 0 aliphatic rings. The van der Waals surface area contributed by atoms with Crippen molar-refractivity contribution in [3.05, 3.63) is 42.4 Å². The van der Waals surface area contributed by atoms with Crippen molar-refractivity contribution in [1.29, 1.82) is 0 Å². The smallest absolute Gasteiger partial charge is 0.123 e. The molecule has 58 valence electrons. The SMILES string of the molecule is C/C=C\Nc1ccc(F)cc1.